The van der Waals surface area contributed by atoms with Gasteiger partial charge in [0, 0.05) is 37.1 Å². The molecule has 0 radical (unpaired) electrons. The molecule has 0 aliphatic carbocycles. The summed E-state index contributed by atoms with van der Waals surface area (Å²) in [7, 11) is 1.62. The van der Waals surface area contributed by atoms with Gasteiger partial charge in [0.2, 0.25) is 0 Å². The zero-order valence-electron chi connectivity index (χ0n) is 17.7. The second kappa shape index (κ2) is 12.4. The van der Waals surface area contributed by atoms with Gasteiger partial charge in [-0.25, -0.2) is 0 Å². The van der Waals surface area contributed by atoms with Gasteiger partial charge in [0.1, 0.15) is 5.75 Å². The lowest BCUT2D eigenvalue weighted by molar-refractivity contribution is 0.0946. The van der Waals surface area contributed by atoms with E-state index in [1.165, 1.54) is 0 Å². The maximum absolute atomic E-state index is 12.5. The molecule has 3 N–H and O–H groups in total. The van der Waals surface area contributed by atoms with Crippen LogP contribution in [0.1, 0.15) is 41.0 Å². The van der Waals surface area contributed by atoms with Crippen molar-refractivity contribution in [3.8, 4) is 5.75 Å². The van der Waals surface area contributed by atoms with Gasteiger partial charge in [0.25, 0.3) is 11.8 Å². The van der Waals surface area contributed by atoms with Crippen LogP contribution in [0.3, 0.4) is 0 Å². The summed E-state index contributed by atoms with van der Waals surface area (Å²) in [5.74, 6) is 0.158. The number of anilines is 1. The van der Waals surface area contributed by atoms with Gasteiger partial charge in [-0.3, -0.25) is 14.9 Å². The van der Waals surface area contributed by atoms with Crippen LogP contribution in [0.2, 0.25) is 0 Å². The van der Waals surface area contributed by atoms with Crippen LogP contribution in [0.25, 0.3) is 0 Å². The fourth-order valence-electron chi connectivity index (χ4n) is 2.55. The molecule has 2 aromatic carbocycles. The van der Waals surface area contributed by atoms with E-state index >= 15 is 0 Å². The monoisotopic (exact) mass is 507 g/mol. The van der Waals surface area contributed by atoms with E-state index < -0.39 is 0 Å². The van der Waals surface area contributed by atoms with E-state index in [0.29, 0.717) is 40.2 Å². The van der Waals surface area contributed by atoms with Crippen LogP contribution in [-0.2, 0) is 4.74 Å². The molecule has 0 saturated heterocycles. The number of carbonyl (C=O) groups is 2. The zero-order valence-corrected chi connectivity index (χ0v) is 20.1. The Labute approximate surface area is 196 Å². The van der Waals surface area contributed by atoms with Crippen LogP contribution in [-0.4, -0.2) is 43.3 Å². The third-order valence-electron chi connectivity index (χ3n) is 4.00. The molecule has 166 valence electrons. The average molecular weight is 508 g/mol. The minimum atomic E-state index is -0.346. The third kappa shape index (κ3) is 8.28. The lowest BCUT2D eigenvalue weighted by atomic mass is 10.2. The fourth-order valence-corrected chi connectivity index (χ4v) is 3.24. The van der Waals surface area contributed by atoms with Crippen molar-refractivity contribution in [2.24, 2.45) is 0 Å². The molecule has 0 bridgehead atoms. The Morgan fingerprint density at radius 1 is 1.06 bits per heavy atom. The number of halogens is 1. The summed E-state index contributed by atoms with van der Waals surface area (Å²) in [5, 5.41) is 8.55. The number of nitrogens with one attached hydrogen (secondary N) is 3. The molecule has 7 nitrogen and oxygen atoms in total. The van der Waals surface area contributed by atoms with Crippen molar-refractivity contribution in [3.63, 3.8) is 0 Å². The number of ether oxygens (including phenoxy) is 2. The molecule has 9 heteroatoms. The molecular weight excluding hydrogens is 482 g/mol. The molecule has 0 aromatic heterocycles. The van der Waals surface area contributed by atoms with Crippen molar-refractivity contribution < 1.29 is 19.1 Å². The van der Waals surface area contributed by atoms with Gasteiger partial charge in [-0.1, -0.05) is 0 Å². The van der Waals surface area contributed by atoms with Crippen LogP contribution in [0, 0.1) is 0 Å². The molecule has 0 atom stereocenters. The first-order valence-corrected chi connectivity index (χ1v) is 11.0. The van der Waals surface area contributed by atoms with Crippen LogP contribution < -0.4 is 20.7 Å². The Morgan fingerprint density at radius 3 is 2.35 bits per heavy atom. The first-order chi connectivity index (χ1) is 14.8. The highest BCUT2D eigenvalue weighted by Gasteiger charge is 2.12. The molecule has 0 unspecified atom stereocenters. The number of amides is 2. The van der Waals surface area contributed by atoms with E-state index in [-0.39, 0.29) is 23.0 Å². The van der Waals surface area contributed by atoms with Gasteiger partial charge < -0.3 is 20.1 Å². The number of carbonyl (C=O) groups excluding carboxylic acids is 2. The fraction of sp³-hybridized carbons (Fsp3) is 0.318. The highest BCUT2D eigenvalue weighted by atomic mass is 79.9. The summed E-state index contributed by atoms with van der Waals surface area (Å²) in [6.07, 6.45) is 0.778. The minimum absolute atomic E-state index is 0.0286. The minimum Gasteiger partial charge on any atom is -0.490 e. The number of methoxy groups -OCH3 is 1. The van der Waals surface area contributed by atoms with Crippen molar-refractivity contribution in [2.45, 2.75) is 26.4 Å². The molecule has 31 heavy (non-hydrogen) atoms. The van der Waals surface area contributed by atoms with Gasteiger partial charge in [-0.2, -0.15) is 0 Å². The summed E-state index contributed by atoms with van der Waals surface area (Å²) in [6, 6.07) is 11.9. The van der Waals surface area contributed by atoms with E-state index in [9.17, 15) is 9.59 Å². The highest BCUT2D eigenvalue weighted by molar-refractivity contribution is 9.10. The van der Waals surface area contributed by atoms with E-state index in [2.05, 4.69) is 31.9 Å². The van der Waals surface area contributed by atoms with E-state index in [1.807, 2.05) is 13.8 Å². The summed E-state index contributed by atoms with van der Waals surface area (Å²) in [5.41, 5.74) is 1.63. The molecule has 0 aliphatic heterocycles. The molecule has 2 rings (SSSR count). The normalized spacial score (nSPS) is 10.5. The van der Waals surface area contributed by atoms with Crippen LogP contribution >= 0.6 is 28.1 Å². The Bertz CT molecular complexity index is 919. The lowest BCUT2D eigenvalue weighted by Gasteiger charge is -2.13. The quantitative estimate of drug-likeness (QED) is 0.349. The van der Waals surface area contributed by atoms with E-state index in [0.717, 1.165) is 6.42 Å². The third-order valence-corrected chi connectivity index (χ3v) is 4.82. The Hall–Kier alpha value is -2.49. The largest absolute Gasteiger partial charge is 0.490 e. The number of thiocarbonyl (C=S) groups is 1. The van der Waals surface area contributed by atoms with Crippen LogP contribution in [0.5, 0.6) is 5.75 Å². The van der Waals surface area contributed by atoms with Crippen molar-refractivity contribution in [2.75, 3.05) is 25.6 Å². The van der Waals surface area contributed by atoms with E-state index in [1.54, 1.807) is 49.6 Å². The van der Waals surface area contributed by atoms with Crippen LogP contribution in [0.4, 0.5) is 5.69 Å². The van der Waals surface area contributed by atoms with Gasteiger partial charge in [-0.15, -0.1) is 0 Å². The summed E-state index contributed by atoms with van der Waals surface area (Å²) in [6.45, 7) is 5.00. The number of hydrogen-bond donors (Lipinski definition) is 3. The maximum Gasteiger partial charge on any atom is 0.257 e. The smallest absolute Gasteiger partial charge is 0.257 e. The summed E-state index contributed by atoms with van der Waals surface area (Å²) >= 11 is 8.64. The molecule has 2 amide bonds. The zero-order chi connectivity index (χ0) is 22.8. The maximum atomic E-state index is 12.5. The average Bonchev–Trinajstić information content (AvgIpc) is 2.72. The van der Waals surface area contributed by atoms with Crippen LogP contribution in [0.15, 0.2) is 46.9 Å². The predicted octanol–water partition coefficient (Wildman–Crippen LogP) is 4.13. The summed E-state index contributed by atoms with van der Waals surface area (Å²) in [4.78, 5) is 24.5. The Balaban J connectivity index is 1.88. The first kappa shape index (κ1) is 24.8. The molecular formula is C22H26BrN3O4S. The van der Waals surface area contributed by atoms with Gasteiger partial charge in [0.05, 0.1) is 10.6 Å². The second-order valence-corrected chi connectivity index (χ2v) is 8.16. The summed E-state index contributed by atoms with van der Waals surface area (Å²) < 4.78 is 11.3. The lowest BCUT2D eigenvalue weighted by Crippen LogP contribution is -2.34. The van der Waals surface area contributed by atoms with Crippen molar-refractivity contribution >= 4 is 50.8 Å². The first-order valence-electron chi connectivity index (χ1n) is 9.76. The van der Waals surface area contributed by atoms with Gasteiger partial charge in [0.15, 0.2) is 5.11 Å². The SMILES string of the molecule is COCCCNC(=O)c1ccc(NC(=S)NC(=O)c2ccc(OC(C)C)c(Br)c2)cc1. The van der Waals surface area contributed by atoms with E-state index in [4.69, 9.17) is 21.7 Å². The Morgan fingerprint density at radius 2 is 1.74 bits per heavy atom. The molecule has 0 fully saturated rings. The number of hydrogen-bond acceptors (Lipinski definition) is 5. The van der Waals surface area contributed by atoms with Crippen molar-refractivity contribution in [1.82, 2.24) is 10.6 Å². The second-order valence-electron chi connectivity index (χ2n) is 6.90. The van der Waals surface area contributed by atoms with Crippen molar-refractivity contribution in [3.05, 3.63) is 58.1 Å². The standard InChI is InChI=1S/C22H26BrN3O4S/c1-14(2)30-19-10-7-16(13-18(19)23)21(28)26-22(31)25-17-8-5-15(6-9-17)20(27)24-11-4-12-29-3/h5-10,13-14H,4,11-12H2,1-3H3,(H,24,27)(H2,25,26,28,31). The van der Waals surface area contributed by atoms with Crippen molar-refractivity contribution in [1.29, 1.82) is 0 Å². The van der Waals surface area contributed by atoms with Gasteiger partial charge in [-0.05, 0) is 90.9 Å². The topological polar surface area (TPSA) is 88.7 Å². The molecule has 0 spiro atoms. The Kier molecular flexibility index (Phi) is 9.90. The molecule has 0 heterocycles. The number of rotatable bonds is 9. The predicted molar refractivity (Wildman–Crippen MR) is 129 cm³/mol. The highest BCUT2D eigenvalue weighted by Crippen LogP contribution is 2.27. The number of benzene rings is 2. The molecule has 0 saturated carbocycles. The molecule has 2 aromatic rings. The van der Waals surface area contributed by atoms with Gasteiger partial charge >= 0.3 is 0 Å². The molecule has 0 aliphatic rings.